The fourth-order valence-electron chi connectivity index (χ4n) is 1.36. The van der Waals surface area contributed by atoms with Crippen molar-refractivity contribution in [2.45, 2.75) is 6.42 Å². The van der Waals surface area contributed by atoms with Crippen LogP contribution in [-0.2, 0) is 6.42 Å². The Bertz CT molecular complexity index is 515. The molecule has 0 aliphatic heterocycles. The highest BCUT2D eigenvalue weighted by molar-refractivity contribution is 5.32. The first-order valence-corrected chi connectivity index (χ1v) is 4.88. The van der Waals surface area contributed by atoms with Crippen LogP contribution < -0.4 is 5.73 Å². The van der Waals surface area contributed by atoms with Gasteiger partial charge >= 0.3 is 0 Å². The van der Waals surface area contributed by atoms with Crippen molar-refractivity contribution in [3.05, 3.63) is 41.5 Å². The molecule has 0 amide bonds. The van der Waals surface area contributed by atoms with Crippen LogP contribution in [0.25, 0.3) is 5.69 Å². The van der Waals surface area contributed by atoms with E-state index in [2.05, 4.69) is 10.3 Å². The molecule has 0 bridgehead atoms. The normalized spacial score (nSPS) is 10.8. The second-order valence-corrected chi connectivity index (χ2v) is 3.42. The smallest absolute Gasteiger partial charge is 0.194 e. The van der Waals surface area contributed by atoms with Gasteiger partial charge in [0.05, 0.1) is 17.6 Å². The summed E-state index contributed by atoms with van der Waals surface area (Å²) in [5, 5.41) is 7.43. The van der Waals surface area contributed by atoms with E-state index in [1.807, 2.05) is 0 Å². The molecule has 0 atom stereocenters. The summed E-state index contributed by atoms with van der Waals surface area (Å²) < 4.78 is 39.9. The third-order valence-electron chi connectivity index (χ3n) is 2.17. The Morgan fingerprint density at radius 3 is 2.41 bits per heavy atom. The maximum Gasteiger partial charge on any atom is 0.194 e. The minimum atomic E-state index is -1.50. The van der Waals surface area contributed by atoms with E-state index in [4.69, 9.17) is 5.73 Å². The van der Waals surface area contributed by atoms with Crippen molar-refractivity contribution < 1.29 is 13.2 Å². The molecule has 0 radical (unpaired) electrons. The Morgan fingerprint density at radius 1 is 1.18 bits per heavy atom. The Labute approximate surface area is 94.9 Å². The molecule has 17 heavy (non-hydrogen) atoms. The van der Waals surface area contributed by atoms with E-state index in [-0.39, 0.29) is 5.69 Å². The molecule has 0 saturated carbocycles. The molecule has 90 valence electrons. The van der Waals surface area contributed by atoms with E-state index >= 15 is 0 Å². The quantitative estimate of drug-likeness (QED) is 0.822. The van der Waals surface area contributed by atoms with Crippen LogP contribution in [-0.4, -0.2) is 21.5 Å². The molecular formula is C10H9F3N4. The summed E-state index contributed by atoms with van der Waals surface area (Å²) in [5.41, 5.74) is 5.99. The van der Waals surface area contributed by atoms with Crippen molar-refractivity contribution in [2.75, 3.05) is 6.54 Å². The molecule has 7 heteroatoms. The monoisotopic (exact) mass is 242 g/mol. The lowest BCUT2D eigenvalue weighted by Crippen LogP contribution is -2.02. The number of aromatic nitrogens is 3. The van der Waals surface area contributed by atoms with Crippen molar-refractivity contribution >= 4 is 0 Å². The van der Waals surface area contributed by atoms with Gasteiger partial charge in [0.2, 0.25) is 0 Å². The lowest BCUT2D eigenvalue weighted by molar-refractivity contribution is 0.446. The molecule has 0 spiro atoms. The van der Waals surface area contributed by atoms with Crippen molar-refractivity contribution in [2.24, 2.45) is 5.73 Å². The lowest BCUT2D eigenvalue weighted by atomic mass is 10.3. The predicted molar refractivity (Wildman–Crippen MR) is 54.0 cm³/mol. The molecule has 0 unspecified atom stereocenters. The molecule has 0 fully saturated rings. The molecule has 0 saturated heterocycles. The van der Waals surface area contributed by atoms with Gasteiger partial charge in [-0.2, -0.15) is 0 Å². The van der Waals surface area contributed by atoms with Gasteiger partial charge in [-0.1, -0.05) is 5.21 Å². The topological polar surface area (TPSA) is 56.7 Å². The number of halogens is 3. The summed E-state index contributed by atoms with van der Waals surface area (Å²) >= 11 is 0. The Morgan fingerprint density at radius 2 is 1.82 bits per heavy atom. The maximum absolute atomic E-state index is 13.0. The standard InChI is InChI=1S/C10H9F3N4/c11-8-3-7(4-9(12)10(8)13)17-5-6(1-2-14)15-16-17/h3-5H,1-2,14H2. The van der Waals surface area contributed by atoms with E-state index in [0.29, 0.717) is 18.7 Å². The number of benzene rings is 1. The van der Waals surface area contributed by atoms with Gasteiger partial charge in [-0.05, 0) is 6.54 Å². The van der Waals surface area contributed by atoms with Gasteiger partial charge in [-0.3, -0.25) is 0 Å². The van der Waals surface area contributed by atoms with Crippen molar-refractivity contribution in [3.63, 3.8) is 0 Å². The number of rotatable bonds is 3. The molecule has 2 rings (SSSR count). The number of hydrogen-bond donors (Lipinski definition) is 1. The maximum atomic E-state index is 13.0. The van der Waals surface area contributed by atoms with Crippen molar-refractivity contribution in [1.82, 2.24) is 15.0 Å². The van der Waals surface area contributed by atoms with Crippen LogP contribution in [0, 0.1) is 17.5 Å². The second-order valence-electron chi connectivity index (χ2n) is 3.42. The first-order valence-electron chi connectivity index (χ1n) is 4.88. The third kappa shape index (κ3) is 2.28. The number of hydrogen-bond acceptors (Lipinski definition) is 3. The van der Waals surface area contributed by atoms with Crippen LogP contribution in [0.15, 0.2) is 18.3 Å². The molecule has 2 aromatic rings. The average molecular weight is 242 g/mol. The minimum absolute atomic E-state index is 0.0668. The number of nitrogens with zero attached hydrogens (tertiary/aromatic N) is 3. The summed E-state index contributed by atoms with van der Waals surface area (Å²) in [6, 6.07) is 1.69. The van der Waals surface area contributed by atoms with Gasteiger partial charge in [-0.15, -0.1) is 5.10 Å². The van der Waals surface area contributed by atoms with Crippen LogP contribution in [0.2, 0.25) is 0 Å². The summed E-state index contributed by atoms with van der Waals surface area (Å²) in [5.74, 6) is -4.04. The second kappa shape index (κ2) is 4.54. The summed E-state index contributed by atoms with van der Waals surface area (Å²) in [6.07, 6.45) is 1.99. The Balaban J connectivity index is 2.39. The highest BCUT2D eigenvalue weighted by Crippen LogP contribution is 2.16. The molecule has 4 nitrogen and oxygen atoms in total. The van der Waals surface area contributed by atoms with Crippen LogP contribution in [0.5, 0.6) is 0 Å². The third-order valence-corrected chi connectivity index (χ3v) is 2.17. The molecule has 2 N–H and O–H groups in total. The zero-order chi connectivity index (χ0) is 12.4. The fourth-order valence-corrected chi connectivity index (χ4v) is 1.36. The Hall–Kier alpha value is -1.89. The van der Waals surface area contributed by atoms with Crippen LogP contribution in [0.4, 0.5) is 13.2 Å². The molecule has 1 aromatic carbocycles. The summed E-state index contributed by atoms with van der Waals surface area (Å²) in [6.45, 7) is 0.394. The van der Waals surface area contributed by atoms with Crippen molar-refractivity contribution in [1.29, 1.82) is 0 Å². The van der Waals surface area contributed by atoms with Gasteiger partial charge in [-0.25, -0.2) is 17.9 Å². The van der Waals surface area contributed by atoms with Gasteiger partial charge in [0.1, 0.15) is 0 Å². The van der Waals surface area contributed by atoms with Gasteiger partial charge < -0.3 is 5.73 Å². The summed E-state index contributed by atoms with van der Waals surface area (Å²) in [7, 11) is 0. The van der Waals surface area contributed by atoms with Gasteiger partial charge in [0.15, 0.2) is 17.5 Å². The lowest BCUT2D eigenvalue weighted by Gasteiger charge is -2.01. The van der Waals surface area contributed by atoms with E-state index in [9.17, 15) is 13.2 Å². The van der Waals surface area contributed by atoms with Gasteiger partial charge in [0.25, 0.3) is 0 Å². The molecular weight excluding hydrogens is 233 g/mol. The van der Waals surface area contributed by atoms with E-state index < -0.39 is 17.5 Å². The zero-order valence-corrected chi connectivity index (χ0v) is 8.70. The SMILES string of the molecule is NCCc1cn(-c2cc(F)c(F)c(F)c2)nn1. The van der Waals surface area contributed by atoms with E-state index in [0.717, 1.165) is 16.8 Å². The Kier molecular flexibility index (Phi) is 3.10. The number of nitrogens with two attached hydrogens (primary N) is 1. The molecule has 1 aromatic heterocycles. The van der Waals surface area contributed by atoms with Gasteiger partial charge in [0, 0.05) is 18.6 Å². The predicted octanol–water partition coefficient (Wildman–Crippen LogP) is 1.19. The van der Waals surface area contributed by atoms with E-state index in [1.54, 1.807) is 0 Å². The van der Waals surface area contributed by atoms with Crippen LogP contribution in [0.3, 0.4) is 0 Å². The highest BCUT2D eigenvalue weighted by Gasteiger charge is 2.12. The van der Waals surface area contributed by atoms with E-state index in [1.165, 1.54) is 6.20 Å². The average Bonchev–Trinajstić information content (AvgIpc) is 2.74. The highest BCUT2D eigenvalue weighted by atomic mass is 19.2. The van der Waals surface area contributed by atoms with Crippen molar-refractivity contribution in [3.8, 4) is 5.69 Å². The molecule has 0 aliphatic rings. The first-order chi connectivity index (χ1) is 8.11. The largest absolute Gasteiger partial charge is 0.330 e. The minimum Gasteiger partial charge on any atom is -0.330 e. The molecule has 1 heterocycles. The zero-order valence-electron chi connectivity index (χ0n) is 8.70. The first kappa shape index (κ1) is 11.6. The van der Waals surface area contributed by atoms with Crippen LogP contribution >= 0.6 is 0 Å². The summed E-state index contributed by atoms with van der Waals surface area (Å²) in [4.78, 5) is 0. The van der Waals surface area contributed by atoms with Crippen LogP contribution in [0.1, 0.15) is 5.69 Å². The fraction of sp³-hybridized carbons (Fsp3) is 0.200. The molecule has 0 aliphatic carbocycles.